The first-order valence-corrected chi connectivity index (χ1v) is 14.4. The van der Waals surface area contributed by atoms with Crippen LogP contribution in [0.4, 0.5) is 11.4 Å². The average Bonchev–Trinajstić information content (AvgIpc) is 3.66. The van der Waals surface area contributed by atoms with Gasteiger partial charge in [0.25, 0.3) is 0 Å². The first kappa shape index (κ1) is 25.0. The predicted octanol–water partition coefficient (Wildman–Crippen LogP) is 6.96. The van der Waals surface area contributed by atoms with E-state index in [0.29, 0.717) is 21.2 Å². The lowest BCUT2D eigenvalue weighted by Crippen LogP contribution is -2.51. The highest BCUT2D eigenvalue weighted by molar-refractivity contribution is 7.12. The number of carbonyl (C=O) groups excluding carboxylic acids is 3. The fourth-order valence-electron chi connectivity index (χ4n) is 6.94. The van der Waals surface area contributed by atoms with E-state index in [1.54, 1.807) is 30.3 Å². The number of amides is 1. The summed E-state index contributed by atoms with van der Waals surface area (Å²) in [6.07, 6.45) is 2.07. The Balaban J connectivity index is 1.58. The molecule has 3 aliphatic heterocycles. The van der Waals surface area contributed by atoms with Crippen molar-refractivity contribution >= 4 is 57.4 Å². The Morgan fingerprint density at radius 3 is 2.50 bits per heavy atom. The lowest BCUT2D eigenvalue weighted by atomic mass is 9.64. The van der Waals surface area contributed by atoms with Gasteiger partial charge in [0, 0.05) is 22.5 Å². The van der Waals surface area contributed by atoms with E-state index in [2.05, 4.69) is 17.5 Å². The van der Waals surface area contributed by atoms with Gasteiger partial charge in [-0.15, -0.1) is 11.3 Å². The number of carbonyl (C=O) groups is 3. The van der Waals surface area contributed by atoms with Crippen molar-refractivity contribution in [2.45, 2.75) is 31.3 Å². The number of thiophene rings is 1. The molecule has 1 spiro atoms. The van der Waals surface area contributed by atoms with Gasteiger partial charge < -0.3 is 10.2 Å². The minimum Gasteiger partial charge on any atom is -0.352 e. The van der Waals surface area contributed by atoms with Crippen molar-refractivity contribution < 1.29 is 14.4 Å². The Kier molecular flexibility index (Phi) is 5.63. The minimum atomic E-state index is -1.35. The van der Waals surface area contributed by atoms with Crippen molar-refractivity contribution in [2.24, 2.45) is 5.92 Å². The number of anilines is 2. The second-order valence-corrected chi connectivity index (χ2v) is 12.1. The molecule has 1 N–H and O–H groups in total. The zero-order valence-corrected chi connectivity index (χ0v) is 23.4. The molecule has 0 saturated carbocycles. The van der Waals surface area contributed by atoms with Crippen LogP contribution in [0.25, 0.3) is 5.57 Å². The number of halogens is 1. The summed E-state index contributed by atoms with van der Waals surface area (Å²) in [4.78, 5) is 46.3. The lowest BCUT2D eigenvalue weighted by molar-refractivity contribution is -0.121. The van der Waals surface area contributed by atoms with Gasteiger partial charge in [-0.3, -0.25) is 14.4 Å². The maximum atomic E-state index is 14.8. The number of allylic oxidation sites excluding steroid dienone is 1. The third-order valence-corrected chi connectivity index (χ3v) is 9.80. The van der Waals surface area contributed by atoms with E-state index < -0.39 is 23.4 Å². The van der Waals surface area contributed by atoms with Crippen LogP contribution in [0.2, 0.25) is 5.02 Å². The van der Waals surface area contributed by atoms with E-state index in [9.17, 15) is 14.4 Å². The number of fused-ring (bicyclic) bond motifs is 6. The third kappa shape index (κ3) is 3.30. The highest BCUT2D eigenvalue weighted by Crippen LogP contribution is 2.59. The molecule has 0 aliphatic carbocycles. The van der Waals surface area contributed by atoms with Gasteiger partial charge in [0.2, 0.25) is 5.91 Å². The molecule has 1 saturated heterocycles. The van der Waals surface area contributed by atoms with Crippen molar-refractivity contribution in [1.82, 2.24) is 0 Å². The van der Waals surface area contributed by atoms with Gasteiger partial charge in [-0.25, -0.2) is 0 Å². The highest BCUT2D eigenvalue weighted by Gasteiger charge is 2.70. The van der Waals surface area contributed by atoms with Gasteiger partial charge in [-0.05, 0) is 66.8 Å². The number of ketones is 2. The van der Waals surface area contributed by atoms with Crippen LogP contribution < -0.4 is 10.2 Å². The third-order valence-electron chi connectivity index (χ3n) is 8.59. The van der Waals surface area contributed by atoms with E-state index in [0.717, 1.165) is 28.0 Å². The van der Waals surface area contributed by atoms with Crippen LogP contribution in [-0.4, -0.2) is 29.6 Å². The summed E-state index contributed by atoms with van der Waals surface area (Å²) in [7, 11) is 0. The van der Waals surface area contributed by atoms with Crippen molar-refractivity contribution in [3.8, 4) is 0 Å². The molecule has 7 rings (SSSR count). The molecule has 1 amide bonds. The largest absolute Gasteiger partial charge is 0.352 e. The molecule has 1 aromatic heterocycles. The topological polar surface area (TPSA) is 66.5 Å². The molecular weight excluding hydrogens is 540 g/mol. The summed E-state index contributed by atoms with van der Waals surface area (Å²) < 4.78 is 0. The smallest absolute Gasteiger partial charge is 0.238 e. The minimum absolute atomic E-state index is 0.182. The maximum Gasteiger partial charge on any atom is 0.238 e. The van der Waals surface area contributed by atoms with Gasteiger partial charge in [-0.2, -0.15) is 0 Å². The van der Waals surface area contributed by atoms with Crippen LogP contribution in [0, 0.1) is 12.8 Å². The van der Waals surface area contributed by atoms with E-state index in [-0.39, 0.29) is 17.5 Å². The molecule has 198 valence electrons. The molecule has 3 aliphatic rings. The van der Waals surface area contributed by atoms with Crippen molar-refractivity contribution in [2.75, 3.05) is 10.2 Å². The Hall–Kier alpha value is -4.00. The molecule has 1 fully saturated rings. The standard InChI is InChI=1S/C33H25ClN2O3S/c1-18-13-14-25-21(16-18)19(2)17-27-33(22-9-4-6-11-24(22)35-32(33)39)28(30(37)20-8-3-5-10-23(20)34)29(36(25)27)31(38)26-12-7-15-40-26/h3-17,27-29H,1-2H3,(H,35,39)/t27-,28-,29+,33-/m1/s1. The molecule has 4 atom stereocenters. The normalized spacial score (nSPS) is 24.3. The SMILES string of the molecule is CC1=C[C@H]2N(c3ccc(C)cc31)[C@H](C(=O)c1cccs1)[C@H](C(=O)c1ccccc1Cl)[C@]21C(=O)Nc2ccccc21. The molecular formula is C33H25ClN2O3S. The number of Topliss-reactive ketones (excluding diaryl/α,β-unsaturated/α-hetero) is 2. The van der Waals surface area contributed by atoms with Gasteiger partial charge >= 0.3 is 0 Å². The molecule has 0 bridgehead atoms. The number of para-hydroxylation sites is 1. The Morgan fingerprint density at radius 2 is 1.73 bits per heavy atom. The van der Waals surface area contributed by atoms with E-state index in [1.165, 1.54) is 11.3 Å². The van der Waals surface area contributed by atoms with E-state index >= 15 is 0 Å². The van der Waals surface area contributed by atoms with Crippen LogP contribution in [-0.2, 0) is 10.2 Å². The zero-order chi connectivity index (χ0) is 27.8. The summed E-state index contributed by atoms with van der Waals surface area (Å²) in [6, 6.07) is 22.6. The molecule has 40 heavy (non-hydrogen) atoms. The highest BCUT2D eigenvalue weighted by atomic mass is 35.5. The molecule has 5 nitrogen and oxygen atoms in total. The monoisotopic (exact) mass is 564 g/mol. The Bertz CT molecular complexity index is 1760. The fraction of sp³-hybridized carbons (Fsp3) is 0.182. The van der Waals surface area contributed by atoms with E-state index in [1.807, 2.05) is 66.6 Å². The molecule has 3 aromatic carbocycles. The van der Waals surface area contributed by atoms with E-state index in [4.69, 9.17) is 11.6 Å². The number of aryl methyl sites for hydroxylation is 1. The number of nitrogens with one attached hydrogen (secondary N) is 1. The van der Waals surface area contributed by atoms with Crippen LogP contribution >= 0.6 is 22.9 Å². The van der Waals surface area contributed by atoms with Gasteiger partial charge in [0.05, 0.1) is 21.9 Å². The van der Waals surface area contributed by atoms with Crippen LogP contribution in [0.1, 0.15) is 43.6 Å². The molecule has 4 heterocycles. The average molecular weight is 565 g/mol. The number of rotatable bonds is 4. The van der Waals surface area contributed by atoms with Gasteiger partial charge in [0.1, 0.15) is 11.5 Å². The molecule has 0 unspecified atom stereocenters. The first-order valence-electron chi connectivity index (χ1n) is 13.2. The van der Waals surface area contributed by atoms with Gasteiger partial charge in [-0.1, -0.05) is 65.7 Å². The quantitative estimate of drug-likeness (QED) is 0.272. The second kappa shape index (κ2) is 9.01. The summed E-state index contributed by atoms with van der Waals surface area (Å²) in [6.45, 7) is 4.06. The molecule has 0 radical (unpaired) electrons. The molecule has 4 aromatic rings. The summed E-state index contributed by atoms with van der Waals surface area (Å²) in [5.41, 5.74) is 4.27. The van der Waals surface area contributed by atoms with Crippen LogP contribution in [0.3, 0.4) is 0 Å². The number of hydrogen-bond donors (Lipinski definition) is 1. The predicted molar refractivity (Wildman–Crippen MR) is 160 cm³/mol. The van der Waals surface area contributed by atoms with Gasteiger partial charge in [0.15, 0.2) is 11.6 Å². The number of benzene rings is 3. The fourth-order valence-corrected chi connectivity index (χ4v) is 7.87. The molecule has 7 heteroatoms. The summed E-state index contributed by atoms with van der Waals surface area (Å²) >= 11 is 7.94. The second-order valence-electron chi connectivity index (χ2n) is 10.7. The van der Waals surface area contributed by atoms with Crippen molar-refractivity contribution in [3.05, 3.63) is 122 Å². The van der Waals surface area contributed by atoms with Crippen molar-refractivity contribution in [1.29, 1.82) is 0 Å². The van der Waals surface area contributed by atoms with Crippen molar-refractivity contribution in [3.63, 3.8) is 0 Å². The first-order chi connectivity index (χ1) is 19.3. The zero-order valence-electron chi connectivity index (χ0n) is 21.9. The summed E-state index contributed by atoms with van der Waals surface area (Å²) in [5.74, 6) is -1.82. The Morgan fingerprint density at radius 1 is 0.950 bits per heavy atom. The summed E-state index contributed by atoms with van der Waals surface area (Å²) in [5, 5.41) is 5.22. The number of nitrogens with zero attached hydrogens (tertiary/aromatic N) is 1. The van der Waals surface area contributed by atoms with Crippen LogP contribution in [0.5, 0.6) is 0 Å². The van der Waals surface area contributed by atoms with Crippen LogP contribution in [0.15, 0.2) is 90.3 Å². The lowest BCUT2D eigenvalue weighted by Gasteiger charge is -2.39. The Labute approximate surface area is 241 Å². The number of hydrogen-bond acceptors (Lipinski definition) is 5. The maximum absolute atomic E-state index is 14.8.